The second kappa shape index (κ2) is 3.28. The zero-order valence-corrected chi connectivity index (χ0v) is 9.12. The second-order valence-electron chi connectivity index (χ2n) is 3.08. The van der Waals surface area contributed by atoms with Crippen LogP contribution in [-0.4, -0.2) is 4.98 Å². The van der Waals surface area contributed by atoms with Crippen molar-refractivity contribution in [2.75, 3.05) is 0 Å². The SMILES string of the molecule is Cc1nc2cc(C(C)Cl)ccc2s1. The summed E-state index contributed by atoms with van der Waals surface area (Å²) in [7, 11) is 0. The van der Waals surface area contributed by atoms with Gasteiger partial charge in [0.2, 0.25) is 0 Å². The smallest absolute Gasteiger partial charge is 0.0907 e. The van der Waals surface area contributed by atoms with E-state index in [4.69, 9.17) is 11.6 Å². The molecule has 0 aliphatic rings. The molecule has 0 radical (unpaired) electrons. The van der Waals surface area contributed by atoms with Gasteiger partial charge in [0.25, 0.3) is 0 Å². The Morgan fingerprint density at radius 1 is 1.46 bits per heavy atom. The van der Waals surface area contributed by atoms with E-state index in [1.54, 1.807) is 11.3 Å². The first-order valence-electron chi connectivity index (χ1n) is 4.18. The molecule has 2 rings (SSSR count). The molecule has 0 aliphatic heterocycles. The van der Waals surface area contributed by atoms with Gasteiger partial charge in [0.05, 0.1) is 20.6 Å². The highest BCUT2D eigenvalue weighted by Gasteiger charge is 2.04. The minimum absolute atomic E-state index is 0.0615. The van der Waals surface area contributed by atoms with Gasteiger partial charge in [-0.3, -0.25) is 0 Å². The molecule has 1 nitrogen and oxygen atoms in total. The third-order valence-corrected chi connectivity index (χ3v) is 3.18. The molecule has 0 fully saturated rings. The number of fused-ring (bicyclic) bond motifs is 1. The number of hydrogen-bond acceptors (Lipinski definition) is 2. The Hall–Kier alpha value is -0.600. The van der Waals surface area contributed by atoms with Crippen LogP contribution in [0.2, 0.25) is 0 Å². The van der Waals surface area contributed by atoms with E-state index in [2.05, 4.69) is 23.2 Å². The zero-order valence-electron chi connectivity index (χ0n) is 7.54. The first-order chi connectivity index (χ1) is 6.16. The molecule has 2 aromatic rings. The molecular formula is C10H10ClNS. The van der Waals surface area contributed by atoms with Crippen LogP contribution in [0, 0.1) is 6.92 Å². The van der Waals surface area contributed by atoms with Gasteiger partial charge in [0.15, 0.2) is 0 Å². The van der Waals surface area contributed by atoms with Crippen LogP contribution in [0.15, 0.2) is 18.2 Å². The maximum atomic E-state index is 5.99. The van der Waals surface area contributed by atoms with Gasteiger partial charge < -0.3 is 0 Å². The van der Waals surface area contributed by atoms with Crippen molar-refractivity contribution in [3.63, 3.8) is 0 Å². The van der Waals surface area contributed by atoms with Crippen molar-refractivity contribution in [1.29, 1.82) is 0 Å². The number of alkyl halides is 1. The van der Waals surface area contributed by atoms with Gasteiger partial charge in [-0.25, -0.2) is 4.98 Å². The molecule has 1 atom stereocenters. The van der Waals surface area contributed by atoms with Crippen LogP contribution in [0.25, 0.3) is 10.2 Å². The lowest BCUT2D eigenvalue weighted by Crippen LogP contribution is -1.82. The lowest BCUT2D eigenvalue weighted by atomic mass is 10.1. The summed E-state index contributed by atoms with van der Waals surface area (Å²) in [6.07, 6.45) is 0. The van der Waals surface area contributed by atoms with E-state index in [1.165, 1.54) is 4.70 Å². The molecule has 0 N–H and O–H groups in total. The van der Waals surface area contributed by atoms with Crippen molar-refractivity contribution in [3.8, 4) is 0 Å². The quantitative estimate of drug-likeness (QED) is 0.652. The monoisotopic (exact) mass is 211 g/mol. The van der Waals surface area contributed by atoms with Crippen molar-refractivity contribution in [2.45, 2.75) is 19.2 Å². The van der Waals surface area contributed by atoms with Crippen LogP contribution < -0.4 is 0 Å². The van der Waals surface area contributed by atoms with E-state index in [9.17, 15) is 0 Å². The number of aromatic nitrogens is 1. The summed E-state index contributed by atoms with van der Waals surface area (Å²) in [6, 6.07) is 6.22. The van der Waals surface area contributed by atoms with Crippen molar-refractivity contribution < 1.29 is 0 Å². The molecule has 1 unspecified atom stereocenters. The molecule has 0 aliphatic carbocycles. The Bertz CT molecular complexity index is 433. The van der Waals surface area contributed by atoms with Crippen molar-refractivity contribution >= 4 is 33.2 Å². The van der Waals surface area contributed by atoms with Gasteiger partial charge >= 0.3 is 0 Å². The molecule has 0 spiro atoms. The number of nitrogens with zero attached hydrogens (tertiary/aromatic N) is 1. The van der Waals surface area contributed by atoms with Gasteiger partial charge in [-0.05, 0) is 31.5 Å². The molecule has 13 heavy (non-hydrogen) atoms. The number of rotatable bonds is 1. The first-order valence-corrected chi connectivity index (χ1v) is 5.43. The van der Waals surface area contributed by atoms with Gasteiger partial charge in [0.1, 0.15) is 0 Å². The molecular weight excluding hydrogens is 202 g/mol. The van der Waals surface area contributed by atoms with Crippen LogP contribution in [0.4, 0.5) is 0 Å². The summed E-state index contributed by atoms with van der Waals surface area (Å²) in [5.41, 5.74) is 2.20. The molecule has 0 amide bonds. The van der Waals surface area contributed by atoms with E-state index >= 15 is 0 Å². The van der Waals surface area contributed by atoms with Crippen molar-refractivity contribution in [3.05, 3.63) is 28.8 Å². The fourth-order valence-corrected chi connectivity index (χ4v) is 2.25. The van der Waals surface area contributed by atoms with Crippen LogP contribution >= 0.6 is 22.9 Å². The molecule has 1 aromatic heterocycles. The number of aryl methyl sites for hydroxylation is 1. The average Bonchev–Trinajstić information content (AvgIpc) is 2.42. The average molecular weight is 212 g/mol. The molecule has 1 heterocycles. The van der Waals surface area contributed by atoms with E-state index in [1.807, 2.05) is 13.8 Å². The Morgan fingerprint density at radius 3 is 2.92 bits per heavy atom. The van der Waals surface area contributed by atoms with Crippen LogP contribution in [0.5, 0.6) is 0 Å². The second-order valence-corrected chi connectivity index (χ2v) is 4.97. The van der Waals surface area contributed by atoms with E-state index in [-0.39, 0.29) is 5.38 Å². The third-order valence-electron chi connectivity index (χ3n) is 1.98. The summed E-state index contributed by atoms with van der Waals surface area (Å²) in [5, 5.41) is 1.17. The maximum absolute atomic E-state index is 5.99. The number of halogens is 1. The summed E-state index contributed by atoms with van der Waals surface area (Å²) in [5.74, 6) is 0. The number of benzene rings is 1. The number of hydrogen-bond donors (Lipinski definition) is 0. The molecule has 1 aromatic carbocycles. The molecule has 0 saturated heterocycles. The predicted octanol–water partition coefficient (Wildman–Crippen LogP) is 3.90. The van der Waals surface area contributed by atoms with E-state index in [0.29, 0.717) is 0 Å². The largest absolute Gasteiger partial charge is 0.242 e. The first kappa shape index (κ1) is 8.97. The molecule has 3 heteroatoms. The summed E-state index contributed by atoms with van der Waals surface area (Å²) < 4.78 is 1.23. The molecule has 0 bridgehead atoms. The van der Waals surface area contributed by atoms with Gasteiger partial charge in [-0.15, -0.1) is 22.9 Å². The third kappa shape index (κ3) is 1.69. The minimum atomic E-state index is 0.0615. The van der Waals surface area contributed by atoms with Crippen LogP contribution in [-0.2, 0) is 0 Å². The molecule has 68 valence electrons. The normalized spacial score (nSPS) is 13.5. The Kier molecular flexibility index (Phi) is 2.26. The lowest BCUT2D eigenvalue weighted by Gasteiger charge is -2.01. The van der Waals surface area contributed by atoms with Crippen LogP contribution in [0.1, 0.15) is 22.9 Å². The summed E-state index contributed by atoms with van der Waals surface area (Å²) in [4.78, 5) is 4.42. The lowest BCUT2D eigenvalue weighted by molar-refractivity contribution is 1.09. The summed E-state index contributed by atoms with van der Waals surface area (Å²) >= 11 is 7.70. The fraction of sp³-hybridized carbons (Fsp3) is 0.300. The molecule has 0 saturated carbocycles. The Morgan fingerprint density at radius 2 is 2.23 bits per heavy atom. The van der Waals surface area contributed by atoms with Crippen LogP contribution in [0.3, 0.4) is 0 Å². The Labute approximate surface area is 86.4 Å². The van der Waals surface area contributed by atoms with E-state index < -0.39 is 0 Å². The van der Waals surface area contributed by atoms with Gasteiger partial charge in [0, 0.05) is 0 Å². The standard InChI is InChI=1S/C10H10ClNS/c1-6(11)8-3-4-10-9(5-8)12-7(2)13-10/h3-6H,1-2H3. The van der Waals surface area contributed by atoms with Crippen molar-refractivity contribution in [1.82, 2.24) is 4.98 Å². The van der Waals surface area contributed by atoms with E-state index in [0.717, 1.165) is 16.1 Å². The highest BCUT2D eigenvalue weighted by atomic mass is 35.5. The zero-order chi connectivity index (χ0) is 9.42. The van der Waals surface area contributed by atoms with Crippen molar-refractivity contribution in [2.24, 2.45) is 0 Å². The fourth-order valence-electron chi connectivity index (χ4n) is 1.31. The minimum Gasteiger partial charge on any atom is -0.242 e. The topological polar surface area (TPSA) is 12.9 Å². The maximum Gasteiger partial charge on any atom is 0.0907 e. The Balaban J connectivity index is 2.61. The predicted molar refractivity (Wildman–Crippen MR) is 58.6 cm³/mol. The highest BCUT2D eigenvalue weighted by molar-refractivity contribution is 7.18. The van der Waals surface area contributed by atoms with Gasteiger partial charge in [-0.1, -0.05) is 6.07 Å². The summed E-state index contributed by atoms with van der Waals surface area (Å²) in [6.45, 7) is 4.00. The highest BCUT2D eigenvalue weighted by Crippen LogP contribution is 2.26. The number of thiazole rings is 1. The van der Waals surface area contributed by atoms with Gasteiger partial charge in [-0.2, -0.15) is 0 Å².